The first kappa shape index (κ1) is 16.4. The normalized spacial score (nSPS) is 21.3. The number of rotatable bonds is 6. The molecule has 0 spiro atoms. The van der Waals surface area contributed by atoms with Gasteiger partial charge < -0.3 is 16.8 Å². The number of nitrogen functional groups attached to an aromatic ring is 1. The van der Waals surface area contributed by atoms with Crippen molar-refractivity contribution in [3.05, 3.63) is 24.0 Å². The lowest BCUT2D eigenvalue weighted by molar-refractivity contribution is -0.121. The summed E-state index contributed by atoms with van der Waals surface area (Å²) in [4.78, 5) is 27.8. The molecule has 1 aliphatic rings. The Bertz CT molecular complexity index is 525. The van der Waals surface area contributed by atoms with Gasteiger partial charge in [-0.1, -0.05) is 0 Å². The minimum atomic E-state index is 0.0187. The van der Waals surface area contributed by atoms with Crippen molar-refractivity contribution in [2.45, 2.75) is 44.6 Å². The molecule has 5 N–H and O–H groups in total. The standard InChI is InChI=1S/C16H24N4O2/c17-7-5-16(22)20-12-3-1-11(2-4-12)9-15(21)13-10-19-8-6-14(13)18/h6,8,10-12H,1-5,7,9,17H2,(H2,18,19)(H,20,22). The van der Waals surface area contributed by atoms with Crippen LogP contribution in [0.2, 0.25) is 0 Å². The van der Waals surface area contributed by atoms with E-state index in [-0.39, 0.29) is 17.7 Å². The predicted molar refractivity (Wildman–Crippen MR) is 85.2 cm³/mol. The summed E-state index contributed by atoms with van der Waals surface area (Å²) in [6.45, 7) is 0.377. The number of ketones is 1. The van der Waals surface area contributed by atoms with Crippen molar-refractivity contribution in [3.8, 4) is 0 Å². The molecular weight excluding hydrogens is 280 g/mol. The van der Waals surface area contributed by atoms with Crippen molar-refractivity contribution in [1.29, 1.82) is 0 Å². The van der Waals surface area contributed by atoms with Gasteiger partial charge in [0.25, 0.3) is 0 Å². The Labute approximate surface area is 130 Å². The second-order valence-electron chi connectivity index (χ2n) is 5.91. The number of nitrogens with zero attached hydrogens (tertiary/aromatic N) is 1. The van der Waals surface area contributed by atoms with Gasteiger partial charge in [-0.25, -0.2) is 0 Å². The largest absolute Gasteiger partial charge is 0.398 e. The second kappa shape index (κ2) is 7.89. The molecule has 1 amide bonds. The summed E-state index contributed by atoms with van der Waals surface area (Å²) in [5, 5.41) is 3.00. The monoisotopic (exact) mass is 304 g/mol. The molecule has 22 heavy (non-hydrogen) atoms. The van der Waals surface area contributed by atoms with Crippen molar-refractivity contribution in [3.63, 3.8) is 0 Å². The zero-order valence-corrected chi connectivity index (χ0v) is 12.8. The van der Waals surface area contributed by atoms with Gasteiger partial charge in [-0.05, 0) is 37.7 Å². The van der Waals surface area contributed by atoms with Gasteiger partial charge >= 0.3 is 0 Å². The van der Waals surface area contributed by atoms with Gasteiger partial charge in [0, 0.05) is 43.5 Å². The lowest BCUT2D eigenvalue weighted by Crippen LogP contribution is -2.38. The average molecular weight is 304 g/mol. The smallest absolute Gasteiger partial charge is 0.221 e. The van der Waals surface area contributed by atoms with E-state index in [9.17, 15) is 9.59 Å². The van der Waals surface area contributed by atoms with Crippen LogP contribution >= 0.6 is 0 Å². The quantitative estimate of drug-likeness (QED) is 0.685. The second-order valence-corrected chi connectivity index (χ2v) is 5.91. The Hall–Kier alpha value is -1.95. The van der Waals surface area contributed by atoms with Gasteiger partial charge in [-0.2, -0.15) is 0 Å². The lowest BCUT2D eigenvalue weighted by Gasteiger charge is -2.28. The van der Waals surface area contributed by atoms with E-state index < -0.39 is 0 Å². The Morgan fingerprint density at radius 1 is 1.27 bits per heavy atom. The Kier molecular flexibility index (Phi) is 5.89. The minimum absolute atomic E-state index is 0.0187. The molecule has 1 aromatic rings. The number of carbonyl (C=O) groups is 2. The van der Waals surface area contributed by atoms with Gasteiger partial charge in [0.2, 0.25) is 5.91 Å². The number of nitrogens with two attached hydrogens (primary N) is 2. The Balaban J connectivity index is 1.79. The molecule has 6 nitrogen and oxygen atoms in total. The molecule has 6 heteroatoms. The molecule has 0 atom stereocenters. The maximum Gasteiger partial charge on any atom is 0.221 e. The van der Waals surface area contributed by atoms with Crippen LogP contribution in [0.3, 0.4) is 0 Å². The van der Waals surface area contributed by atoms with E-state index in [1.54, 1.807) is 12.3 Å². The topological polar surface area (TPSA) is 111 Å². The van der Waals surface area contributed by atoms with E-state index in [1.807, 2.05) is 0 Å². The number of Topliss-reactive ketones (excluding diaryl/α,β-unsaturated/α-hetero) is 1. The molecule has 1 fully saturated rings. The molecule has 0 bridgehead atoms. The summed E-state index contributed by atoms with van der Waals surface area (Å²) in [6.07, 6.45) is 7.71. The highest BCUT2D eigenvalue weighted by molar-refractivity contribution is 6.00. The summed E-state index contributed by atoms with van der Waals surface area (Å²) in [6, 6.07) is 1.87. The zero-order chi connectivity index (χ0) is 15.9. The fourth-order valence-corrected chi connectivity index (χ4v) is 2.95. The third-order valence-corrected chi connectivity index (χ3v) is 4.21. The van der Waals surface area contributed by atoms with E-state index in [2.05, 4.69) is 10.3 Å². The highest BCUT2D eigenvalue weighted by Crippen LogP contribution is 2.28. The molecule has 0 saturated heterocycles. The molecule has 0 radical (unpaired) electrons. The first-order chi connectivity index (χ1) is 10.6. The van der Waals surface area contributed by atoms with Crippen LogP contribution in [0.15, 0.2) is 18.5 Å². The van der Waals surface area contributed by atoms with Gasteiger partial charge in [0.05, 0.1) is 5.56 Å². The number of anilines is 1. The molecule has 1 aromatic heterocycles. The molecule has 0 aromatic carbocycles. The van der Waals surface area contributed by atoms with Gasteiger partial charge in [0.1, 0.15) is 0 Å². The van der Waals surface area contributed by atoms with Crippen molar-refractivity contribution in [2.24, 2.45) is 11.7 Å². The lowest BCUT2D eigenvalue weighted by atomic mass is 9.82. The van der Waals surface area contributed by atoms with Crippen LogP contribution in [0, 0.1) is 5.92 Å². The SMILES string of the molecule is NCCC(=O)NC1CCC(CC(=O)c2cnccc2N)CC1. The van der Waals surface area contributed by atoms with E-state index in [0.29, 0.717) is 36.6 Å². The molecule has 2 rings (SSSR count). The maximum absolute atomic E-state index is 12.3. The van der Waals surface area contributed by atoms with Crippen LogP contribution < -0.4 is 16.8 Å². The molecule has 120 valence electrons. The summed E-state index contributed by atoms with van der Waals surface area (Å²) >= 11 is 0. The number of amides is 1. The van der Waals surface area contributed by atoms with Crippen molar-refractivity contribution in [1.82, 2.24) is 10.3 Å². The molecule has 1 saturated carbocycles. The van der Waals surface area contributed by atoms with Crippen LogP contribution in [0.1, 0.15) is 48.9 Å². The Morgan fingerprint density at radius 3 is 2.64 bits per heavy atom. The van der Waals surface area contributed by atoms with Crippen molar-refractivity contribution >= 4 is 17.4 Å². The van der Waals surface area contributed by atoms with Crippen LogP contribution in [0.25, 0.3) is 0 Å². The van der Waals surface area contributed by atoms with Crippen molar-refractivity contribution in [2.75, 3.05) is 12.3 Å². The first-order valence-electron chi connectivity index (χ1n) is 7.82. The highest BCUT2D eigenvalue weighted by atomic mass is 16.1. The third kappa shape index (κ3) is 4.53. The minimum Gasteiger partial charge on any atom is -0.398 e. The van der Waals surface area contributed by atoms with Crippen molar-refractivity contribution < 1.29 is 9.59 Å². The van der Waals surface area contributed by atoms with E-state index in [1.165, 1.54) is 6.20 Å². The molecule has 1 heterocycles. The molecule has 0 unspecified atom stereocenters. The van der Waals surface area contributed by atoms with E-state index >= 15 is 0 Å². The van der Waals surface area contributed by atoms with Crippen LogP contribution in [-0.2, 0) is 4.79 Å². The van der Waals surface area contributed by atoms with Gasteiger partial charge in [0.15, 0.2) is 5.78 Å². The fraction of sp³-hybridized carbons (Fsp3) is 0.562. The molecule has 1 aliphatic carbocycles. The molecule has 0 aliphatic heterocycles. The number of aromatic nitrogens is 1. The summed E-state index contributed by atoms with van der Waals surface area (Å²) in [5.41, 5.74) is 12.2. The van der Waals surface area contributed by atoms with E-state index in [0.717, 1.165) is 25.7 Å². The third-order valence-electron chi connectivity index (χ3n) is 4.21. The van der Waals surface area contributed by atoms with Gasteiger partial charge in [-0.3, -0.25) is 14.6 Å². The number of hydrogen-bond acceptors (Lipinski definition) is 5. The number of pyridine rings is 1. The zero-order valence-electron chi connectivity index (χ0n) is 12.8. The average Bonchev–Trinajstić information content (AvgIpc) is 2.50. The van der Waals surface area contributed by atoms with Gasteiger partial charge in [-0.15, -0.1) is 0 Å². The highest BCUT2D eigenvalue weighted by Gasteiger charge is 2.24. The van der Waals surface area contributed by atoms with E-state index in [4.69, 9.17) is 11.5 Å². The fourth-order valence-electron chi connectivity index (χ4n) is 2.95. The van der Waals surface area contributed by atoms with Crippen LogP contribution in [0.5, 0.6) is 0 Å². The summed E-state index contributed by atoms with van der Waals surface area (Å²) in [5.74, 6) is 0.432. The van der Waals surface area contributed by atoms with Crippen LogP contribution in [0.4, 0.5) is 5.69 Å². The predicted octanol–water partition coefficient (Wildman–Crippen LogP) is 1.26. The number of hydrogen-bond donors (Lipinski definition) is 3. The number of nitrogens with one attached hydrogen (secondary N) is 1. The number of carbonyl (C=O) groups excluding carboxylic acids is 2. The molecular formula is C16H24N4O2. The maximum atomic E-state index is 12.3. The summed E-state index contributed by atoms with van der Waals surface area (Å²) < 4.78 is 0. The first-order valence-corrected chi connectivity index (χ1v) is 7.82. The Morgan fingerprint density at radius 2 is 2.00 bits per heavy atom. The summed E-state index contributed by atoms with van der Waals surface area (Å²) in [7, 11) is 0. The van der Waals surface area contributed by atoms with Crippen LogP contribution in [-0.4, -0.2) is 29.3 Å².